The lowest BCUT2D eigenvalue weighted by Crippen LogP contribution is -2.41. The highest BCUT2D eigenvalue weighted by atomic mass is 79.9. The summed E-state index contributed by atoms with van der Waals surface area (Å²) in [6, 6.07) is 5.08. The van der Waals surface area contributed by atoms with Gasteiger partial charge in [-0.15, -0.1) is 0 Å². The van der Waals surface area contributed by atoms with Crippen molar-refractivity contribution in [3.8, 4) is 5.75 Å². The second-order valence-corrected chi connectivity index (χ2v) is 6.45. The van der Waals surface area contributed by atoms with E-state index in [1.807, 2.05) is 6.07 Å². The first-order valence-corrected chi connectivity index (χ1v) is 7.17. The van der Waals surface area contributed by atoms with Gasteiger partial charge >= 0.3 is 6.09 Å². The third-order valence-corrected chi connectivity index (χ3v) is 3.10. The van der Waals surface area contributed by atoms with E-state index < -0.39 is 11.7 Å². The highest BCUT2D eigenvalue weighted by molar-refractivity contribution is 9.10. The first-order chi connectivity index (χ1) is 9.19. The molecule has 0 aliphatic carbocycles. The maximum atomic E-state index is 11.5. The van der Waals surface area contributed by atoms with E-state index in [0.29, 0.717) is 10.9 Å². The summed E-state index contributed by atoms with van der Waals surface area (Å²) in [5.41, 5.74) is 6.14. The van der Waals surface area contributed by atoms with Gasteiger partial charge in [0.1, 0.15) is 11.4 Å². The highest BCUT2D eigenvalue weighted by Gasteiger charge is 2.17. The quantitative estimate of drug-likeness (QED) is 0.783. The Morgan fingerprint density at radius 1 is 1.50 bits per heavy atom. The normalized spacial score (nSPS) is 12.8. The molecule has 1 aromatic carbocycles. The number of hydrogen-bond acceptors (Lipinski definition) is 4. The summed E-state index contributed by atoms with van der Waals surface area (Å²) in [6.45, 7) is 5.67. The van der Waals surface area contributed by atoms with Gasteiger partial charge < -0.3 is 20.9 Å². The number of benzene rings is 1. The molecule has 0 saturated heterocycles. The first kappa shape index (κ1) is 16.8. The van der Waals surface area contributed by atoms with Crippen LogP contribution in [-0.2, 0) is 11.2 Å². The fourth-order valence-corrected chi connectivity index (χ4v) is 2.02. The standard InChI is InChI=1S/C14H21BrN2O3/c1-14(2,3)20-13(19)17-8-10(16)7-9-5-4-6-11(15)12(9)18/h4-6,10,18H,7-8,16H2,1-3H3,(H,17,19). The van der Waals surface area contributed by atoms with Crippen molar-refractivity contribution in [1.82, 2.24) is 5.32 Å². The zero-order valence-electron chi connectivity index (χ0n) is 11.9. The van der Waals surface area contributed by atoms with Gasteiger partial charge in [0.05, 0.1) is 4.47 Å². The maximum Gasteiger partial charge on any atom is 0.407 e. The van der Waals surface area contributed by atoms with Crippen LogP contribution in [-0.4, -0.2) is 29.4 Å². The highest BCUT2D eigenvalue weighted by Crippen LogP contribution is 2.27. The van der Waals surface area contributed by atoms with Gasteiger partial charge in [0.25, 0.3) is 0 Å². The predicted molar refractivity (Wildman–Crippen MR) is 81.7 cm³/mol. The Kier molecular flexibility index (Phi) is 5.83. The minimum absolute atomic E-state index is 0.181. The Labute approximate surface area is 127 Å². The van der Waals surface area contributed by atoms with E-state index in [2.05, 4.69) is 21.2 Å². The Morgan fingerprint density at radius 3 is 2.75 bits per heavy atom. The topological polar surface area (TPSA) is 84.6 Å². The van der Waals surface area contributed by atoms with Gasteiger partial charge in [-0.2, -0.15) is 0 Å². The number of ether oxygens (including phenoxy) is 1. The summed E-state index contributed by atoms with van der Waals surface area (Å²) in [5, 5.41) is 12.5. The molecule has 0 heterocycles. The van der Waals surface area contributed by atoms with Crippen molar-refractivity contribution in [2.45, 2.75) is 38.8 Å². The number of carbonyl (C=O) groups excluding carboxylic acids is 1. The van der Waals surface area contributed by atoms with Gasteiger partial charge in [-0.05, 0) is 54.8 Å². The fraction of sp³-hybridized carbons (Fsp3) is 0.500. The van der Waals surface area contributed by atoms with Crippen molar-refractivity contribution >= 4 is 22.0 Å². The number of aromatic hydroxyl groups is 1. The van der Waals surface area contributed by atoms with Crippen LogP contribution < -0.4 is 11.1 Å². The van der Waals surface area contributed by atoms with E-state index in [1.54, 1.807) is 32.9 Å². The molecule has 0 aliphatic rings. The summed E-state index contributed by atoms with van der Waals surface area (Å²) in [6.07, 6.45) is -0.0347. The molecule has 0 saturated carbocycles. The average molecular weight is 345 g/mol. The molecule has 0 aliphatic heterocycles. The van der Waals surface area contributed by atoms with E-state index in [-0.39, 0.29) is 18.3 Å². The molecule has 5 nitrogen and oxygen atoms in total. The molecule has 0 aromatic heterocycles. The summed E-state index contributed by atoms with van der Waals surface area (Å²) in [5.74, 6) is 0.181. The molecule has 1 atom stereocenters. The third-order valence-electron chi connectivity index (χ3n) is 2.46. The zero-order valence-corrected chi connectivity index (χ0v) is 13.5. The Hall–Kier alpha value is -1.27. The molecular weight excluding hydrogens is 324 g/mol. The van der Waals surface area contributed by atoms with Crippen molar-refractivity contribution in [2.75, 3.05) is 6.54 Å². The van der Waals surface area contributed by atoms with Crippen LogP contribution in [0.25, 0.3) is 0 Å². The van der Waals surface area contributed by atoms with E-state index in [4.69, 9.17) is 10.5 Å². The summed E-state index contributed by atoms with van der Waals surface area (Å²) in [7, 11) is 0. The number of alkyl carbamates (subject to hydrolysis) is 1. The second kappa shape index (κ2) is 6.95. The summed E-state index contributed by atoms with van der Waals surface area (Å²) in [4.78, 5) is 11.5. The molecule has 1 aromatic rings. The van der Waals surface area contributed by atoms with Crippen LogP contribution in [0.1, 0.15) is 26.3 Å². The monoisotopic (exact) mass is 344 g/mol. The number of amides is 1. The number of phenols is 1. The SMILES string of the molecule is CC(C)(C)OC(=O)NCC(N)Cc1cccc(Br)c1O. The second-order valence-electron chi connectivity index (χ2n) is 5.59. The van der Waals surface area contributed by atoms with E-state index in [0.717, 1.165) is 5.56 Å². The van der Waals surface area contributed by atoms with E-state index in [1.165, 1.54) is 0 Å². The van der Waals surface area contributed by atoms with Crippen molar-refractivity contribution in [3.05, 3.63) is 28.2 Å². The molecule has 20 heavy (non-hydrogen) atoms. The number of hydrogen-bond donors (Lipinski definition) is 3. The van der Waals surface area contributed by atoms with Crippen LogP contribution in [0, 0.1) is 0 Å². The molecule has 0 bridgehead atoms. The van der Waals surface area contributed by atoms with Crippen LogP contribution >= 0.6 is 15.9 Å². The minimum Gasteiger partial charge on any atom is -0.506 e. The van der Waals surface area contributed by atoms with Crippen molar-refractivity contribution in [3.63, 3.8) is 0 Å². The van der Waals surface area contributed by atoms with Crippen LogP contribution in [0.3, 0.4) is 0 Å². The number of halogens is 1. The number of nitrogens with two attached hydrogens (primary N) is 1. The number of phenolic OH excluding ortho intramolecular Hbond substituents is 1. The number of carbonyl (C=O) groups is 1. The molecule has 0 radical (unpaired) electrons. The third kappa shape index (κ3) is 5.79. The lowest BCUT2D eigenvalue weighted by molar-refractivity contribution is 0.0524. The Balaban J connectivity index is 2.46. The fourth-order valence-electron chi connectivity index (χ4n) is 1.61. The van der Waals surface area contributed by atoms with Gasteiger partial charge in [-0.3, -0.25) is 0 Å². The van der Waals surface area contributed by atoms with Gasteiger partial charge in [0, 0.05) is 12.6 Å². The lowest BCUT2D eigenvalue weighted by Gasteiger charge is -2.21. The minimum atomic E-state index is -0.531. The van der Waals surface area contributed by atoms with Crippen molar-refractivity contribution in [2.24, 2.45) is 5.73 Å². The Morgan fingerprint density at radius 2 is 2.15 bits per heavy atom. The molecule has 4 N–H and O–H groups in total. The van der Waals surface area contributed by atoms with Crippen molar-refractivity contribution in [1.29, 1.82) is 0 Å². The maximum absolute atomic E-state index is 11.5. The van der Waals surface area contributed by atoms with Gasteiger partial charge in [0.2, 0.25) is 0 Å². The van der Waals surface area contributed by atoms with Crippen molar-refractivity contribution < 1.29 is 14.6 Å². The largest absolute Gasteiger partial charge is 0.506 e. The zero-order chi connectivity index (χ0) is 15.3. The first-order valence-electron chi connectivity index (χ1n) is 6.38. The molecular formula is C14H21BrN2O3. The summed E-state index contributed by atoms with van der Waals surface area (Å²) >= 11 is 3.25. The summed E-state index contributed by atoms with van der Waals surface area (Å²) < 4.78 is 5.75. The van der Waals surface area contributed by atoms with E-state index in [9.17, 15) is 9.90 Å². The van der Waals surface area contributed by atoms with Crippen LogP contribution in [0.4, 0.5) is 4.79 Å². The van der Waals surface area contributed by atoms with Crippen LogP contribution in [0.5, 0.6) is 5.75 Å². The molecule has 0 fully saturated rings. The molecule has 112 valence electrons. The van der Waals surface area contributed by atoms with Gasteiger partial charge in [-0.25, -0.2) is 4.79 Å². The molecule has 1 amide bonds. The molecule has 6 heteroatoms. The van der Waals surface area contributed by atoms with Crippen LogP contribution in [0.2, 0.25) is 0 Å². The van der Waals surface area contributed by atoms with E-state index >= 15 is 0 Å². The molecule has 0 spiro atoms. The Bertz CT molecular complexity index is 472. The predicted octanol–water partition coefficient (Wildman–Crippen LogP) is 2.55. The molecule has 1 unspecified atom stereocenters. The lowest BCUT2D eigenvalue weighted by atomic mass is 10.1. The van der Waals surface area contributed by atoms with Crippen LogP contribution in [0.15, 0.2) is 22.7 Å². The molecule has 1 rings (SSSR count). The average Bonchev–Trinajstić information content (AvgIpc) is 2.30. The number of para-hydroxylation sites is 1. The smallest absolute Gasteiger partial charge is 0.407 e. The van der Waals surface area contributed by atoms with Gasteiger partial charge in [0.15, 0.2) is 0 Å². The number of nitrogens with one attached hydrogen (secondary N) is 1. The number of rotatable bonds is 4. The van der Waals surface area contributed by atoms with Gasteiger partial charge in [-0.1, -0.05) is 12.1 Å².